The summed E-state index contributed by atoms with van der Waals surface area (Å²) in [5.74, 6) is 0.565. The van der Waals surface area contributed by atoms with Gasteiger partial charge in [-0.2, -0.15) is 0 Å². The average Bonchev–Trinajstić information content (AvgIpc) is 3.01. The molecule has 0 radical (unpaired) electrons. The van der Waals surface area contributed by atoms with E-state index in [9.17, 15) is 14.4 Å². The Balaban J connectivity index is 1.59. The lowest BCUT2D eigenvalue weighted by atomic mass is 10.1. The van der Waals surface area contributed by atoms with E-state index in [2.05, 4.69) is 16.7 Å². The van der Waals surface area contributed by atoms with Crippen molar-refractivity contribution in [3.63, 3.8) is 0 Å². The standard InChI is InChI=1S/C13H19N3O3S/c1-14-11(17)7-20-8-12(18)15-4-5-16-10-3-2-9(6-10)13(16)19/h2-3,9-10H,4-8H2,1H3,(H,14,17)(H,15,18)/t9-,10+/m1/s1. The van der Waals surface area contributed by atoms with E-state index in [4.69, 9.17) is 0 Å². The van der Waals surface area contributed by atoms with Crippen LogP contribution in [0.3, 0.4) is 0 Å². The van der Waals surface area contributed by atoms with Crippen LogP contribution in [0.1, 0.15) is 6.42 Å². The van der Waals surface area contributed by atoms with Gasteiger partial charge < -0.3 is 15.5 Å². The van der Waals surface area contributed by atoms with Gasteiger partial charge in [0.1, 0.15) is 0 Å². The molecule has 0 unspecified atom stereocenters. The Hall–Kier alpha value is -1.50. The average molecular weight is 297 g/mol. The van der Waals surface area contributed by atoms with Gasteiger partial charge in [-0.25, -0.2) is 0 Å². The van der Waals surface area contributed by atoms with E-state index in [0.29, 0.717) is 13.1 Å². The van der Waals surface area contributed by atoms with Crippen LogP contribution >= 0.6 is 11.8 Å². The molecule has 1 aliphatic heterocycles. The summed E-state index contributed by atoms with van der Waals surface area (Å²) >= 11 is 1.27. The molecule has 0 saturated carbocycles. The van der Waals surface area contributed by atoms with Crippen LogP contribution in [0.15, 0.2) is 12.2 Å². The highest BCUT2D eigenvalue weighted by Gasteiger charge is 2.40. The van der Waals surface area contributed by atoms with Crippen molar-refractivity contribution < 1.29 is 14.4 Å². The number of hydrogen-bond donors (Lipinski definition) is 2. The molecule has 110 valence electrons. The number of nitrogens with one attached hydrogen (secondary N) is 2. The summed E-state index contributed by atoms with van der Waals surface area (Å²) in [7, 11) is 1.57. The van der Waals surface area contributed by atoms with Crippen LogP contribution in [0.2, 0.25) is 0 Å². The summed E-state index contributed by atoms with van der Waals surface area (Å²) in [4.78, 5) is 36.2. The normalized spacial score (nSPS) is 23.2. The molecule has 2 rings (SSSR count). The third kappa shape index (κ3) is 3.53. The fraction of sp³-hybridized carbons (Fsp3) is 0.615. The molecule has 1 saturated heterocycles. The molecule has 1 fully saturated rings. The molecule has 7 heteroatoms. The van der Waals surface area contributed by atoms with Gasteiger partial charge in [-0.05, 0) is 6.42 Å². The molecule has 2 N–H and O–H groups in total. The van der Waals surface area contributed by atoms with Gasteiger partial charge in [0.25, 0.3) is 0 Å². The minimum atomic E-state index is -0.105. The highest BCUT2D eigenvalue weighted by molar-refractivity contribution is 8.00. The number of nitrogens with zero attached hydrogens (tertiary/aromatic N) is 1. The maximum atomic E-state index is 11.8. The van der Waals surface area contributed by atoms with Crippen molar-refractivity contribution in [3.8, 4) is 0 Å². The molecular formula is C13H19N3O3S. The highest BCUT2D eigenvalue weighted by atomic mass is 32.2. The maximum Gasteiger partial charge on any atom is 0.230 e. The summed E-state index contributed by atoms with van der Waals surface area (Å²) in [6, 6.07) is 0.215. The third-order valence-electron chi connectivity index (χ3n) is 3.48. The summed E-state index contributed by atoms with van der Waals surface area (Å²) < 4.78 is 0. The largest absolute Gasteiger partial charge is 0.358 e. The fourth-order valence-corrected chi connectivity index (χ4v) is 3.14. The van der Waals surface area contributed by atoms with Gasteiger partial charge in [0.05, 0.1) is 23.5 Å². The fourth-order valence-electron chi connectivity index (χ4n) is 2.42. The zero-order chi connectivity index (χ0) is 14.5. The van der Waals surface area contributed by atoms with Crippen LogP contribution < -0.4 is 10.6 Å². The van der Waals surface area contributed by atoms with Crippen molar-refractivity contribution >= 4 is 29.5 Å². The summed E-state index contributed by atoms with van der Waals surface area (Å²) in [6.07, 6.45) is 4.92. The van der Waals surface area contributed by atoms with E-state index >= 15 is 0 Å². The Morgan fingerprint density at radius 3 is 2.75 bits per heavy atom. The van der Waals surface area contributed by atoms with Crippen molar-refractivity contribution in [2.24, 2.45) is 5.92 Å². The Bertz CT molecular complexity index is 439. The molecule has 6 nitrogen and oxygen atoms in total. The number of thioether (sulfide) groups is 1. The summed E-state index contributed by atoms with van der Waals surface area (Å²) in [6.45, 7) is 1.01. The first-order valence-electron chi connectivity index (χ1n) is 6.65. The van der Waals surface area contributed by atoms with Gasteiger partial charge >= 0.3 is 0 Å². The van der Waals surface area contributed by atoms with E-state index in [1.807, 2.05) is 11.0 Å². The number of fused-ring (bicyclic) bond motifs is 2. The molecule has 0 aromatic carbocycles. The monoisotopic (exact) mass is 297 g/mol. The number of carbonyl (C=O) groups excluding carboxylic acids is 3. The van der Waals surface area contributed by atoms with E-state index in [1.165, 1.54) is 11.8 Å². The lowest BCUT2D eigenvalue weighted by Crippen LogP contribution is -2.41. The van der Waals surface area contributed by atoms with Crippen molar-refractivity contribution in [2.75, 3.05) is 31.6 Å². The predicted molar refractivity (Wildman–Crippen MR) is 77.1 cm³/mol. The van der Waals surface area contributed by atoms with Crippen LogP contribution in [0, 0.1) is 5.92 Å². The molecule has 2 aliphatic rings. The SMILES string of the molecule is CNC(=O)CSCC(=O)NCCN1C(=O)[C@@H]2C=C[C@H]1C2. The third-order valence-corrected chi connectivity index (χ3v) is 4.41. The van der Waals surface area contributed by atoms with Gasteiger partial charge in [0.15, 0.2) is 0 Å². The molecule has 3 amide bonds. The molecule has 2 atom stereocenters. The first-order valence-corrected chi connectivity index (χ1v) is 7.81. The topological polar surface area (TPSA) is 78.5 Å². The van der Waals surface area contributed by atoms with Gasteiger partial charge in [-0.15, -0.1) is 11.8 Å². The quantitative estimate of drug-likeness (QED) is 0.613. The van der Waals surface area contributed by atoms with E-state index in [-0.39, 0.29) is 41.2 Å². The minimum Gasteiger partial charge on any atom is -0.358 e. The minimum absolute atomic E-state index is 0.0545. The van der Waals surface area contributed by atoms with Gasteiger partial charge in [0, 0.05) is 20.1 Å². The number of rotatable bonds is 7. The number of hydrogen-bond acceptors (Lipinski definition) is 4. The molecule has 0 spiro atoms. The first kappa shape index (κ1) is 14.9. The van der Waals surface area contributed by atoms with E-state index in [0.717, 1.165) is 6.42 Å². The van der Waals surface area contributed by atoms with E-state index < -0.39 is 0 Å². The van der Waals surface area contributed by atoms with Crippen molar-refractivity contribution in [1.29, 1.82) is 0 Å². The van der Waals surface area contributed by atoms with E-state index in [1.54, 1.807) is 7.05 Å². The molecule has 1 aliphatic carbocycles. The van der Waals surface area contributed by atoms with Crippen LogP contribution in [-0.2, 0) is 14.4 Å². The lowest BCUT2D eigenvalue weighted by Gasteiger charge is -2.24. The molecule has 0 aromatic rings. The molecule has 1 heterocycles. The Morgan fingerprint density at radius 2 is 2.10 bits per heavy atom. The number of likely N-dealkylation sites (tertiary alicyclic amines) is 1. The van der Waals surface area contributed by atoms with Gasteiger partial charge in [0.2, 0.25) is 17.7 Å². The molecule has 0 aromatic heterocycles. The first-order chi connectivity index (χ1) is 9.61. The Morgan fingerprint density at radius 1 is 1.35 bits per heavy atom. The van der Waals surface area contributed by atoms with Gasteiger partial charge in [-0.3, -0.25) is 14.4 Å². The predicted octanol–water partition coefficient (Wildman–Crippen LogP) is -0.631. The second kappa shape index (κ2) is 6.78. The molecule has 2 bridgehead atoms. The second-order valence-corrected chi connectivity index (χ2v) is 5.83. The van der Waals surface area contributed by atoms with Crippen LogP contribution in [0.4, 0.5) is 0 Å². The molecule has 20 heavy (non-hydrogen) atoms. The second-order valence-electron chi connectivity index (χ2n) is 4.84. The van der Waals surface area contributed by atoms with Crippen molar-refractivity contribution in [2.45, 2.75) is 12.5 Å². The molecular weight excluding hydrogens is 278 g/mol. The van der Waals surface area contributed by atoms with Gasteiger partial charge in [-0.1, -0.05) is 12.2 Å². The zero-order valence-electron chi connectivity index (χ0n) is 11.4. The number of amides is 3. The van der Waals surface area contributed by atoms with Crippen molar-refractivity contribution in [1.82, 2.24) is 15.5 Å². The zero-order valence-corrected chi connectivity index (χ0v) is 12.2. The Labute approximate surface area is 122 Å². The van der Waals surface area contributed by atoms with Crippen LogP contribution in [0.5, 0.6) is 0 Å². The number of carbonyl (C=O) groups is 3. The Kier molecular flexibility index (Phi) is 5.05. The maximum absolute atomic E-state index is 11.8. The van der Waals surface area contributed by atoms with Crippen molar-refractivity contribution in [3.05, 3.63) is 12.2 Å². The summed E-state index contributed by atoms with van der Waals surface area (Å²) in [5.41, 5.74) is 0. The van der Waals surface area contributed by atoms with Crippen LogP contribution in [-0.4, -0.2) is 60.3 Å². The smallest absolute Gasteiger partial charge is 0.230 e. The highest BCUT2D eigenvalue weighted by Crippen LogP contribution is 2.32. The lowest BCUT2D eigenvalue weighted by molar-refractivity contribution is -0.131. The van der Waals surface area contributed by atoms with Crippen LogP contribution in [0.25, 0.3) is 0 Å². The summed E-state index contributed by atoms with van der Waals surface area (Å²) in [5, 5.41) is 5.27.